The maximum absolute atomic E-state index is 12.1. The Bertz CT molecular complexity index is 871. The first kappa shape index (κ1) is 13.3. The van der Waals surface area contributed by atoms with Crippen LogP contribution in [0.25, 0.3) is 22.6 Å². The fraction of sp³-hybridized carbons (Fsp3) is 0.188. The Morgan fingerprint density at radius 3 is 2.95 bits per heavy atom. The van der Waals surface area contributed by atoms with Crippen LogP contribution >= 0.6 is 11.6 Å². The number of carbonyl (C=O) groups is 1. The van der Waals surface area contributed by atoms with Gasteiger partial charge in [0.2, 0.25) is 5.89 Å². The number of hydrogen-bond donors (Lipinski definition) is 1. The molecule has 6 heteroatoms. The van der Waals surface area contributed by atoms with E-state index in [2.05, 4.69) is 15.3 Å². The van der Waals surface area contributed by atoms with Gasteiger partial charge in [-0.05, 0) is 43.2 Å². The summed E-state index contributed by atoms with van der Waals surface area (Å²) in [5.41, 5.74) is 2.43. The van der Waals surface area contributed by atoms with E-state index in [-0.39, 0.29) is 5.91 Å². The number of rotatable bonds is 3. The van der Waals surface area contributed by atoms with Crippen LogP contribution in [0.2, 0.25) is 5.15 Å². The molecule has 0 spiro atoms. The molecule has 1 N–H and O–H groups in total. The lowest BCUT2D eigenvalue weighted by Crippen LogP contribution is -2.25. The molecule has 0 bridgehead atoms. The average molecular weight is 314 g/mol. The zero-order valence-electron chi connectivity index (χ0n) is 11.5. The minimum absolute atomic E-state index is 0.0817. The average Bonchev–Trinajstić information content (AvgIpc) is 3.23. The fourth-order valence-corrected chi connectivity index (χ4v) is 2.42. The highest BCUT2D eigenvalue weighted by Gasteiger charge is 2.24. The zero-order chi connectivity index (χ0) is 15.1. The molecule has 1 aliphatic carbocycles. The molecule has 3 aromatic rings. The molecule has 1 aliphatic rings. The molecule has 1 fully saturated rings. The summed E-state index contributed by atoms with van der Waals surface area (Å²) in [4.78, 5) is 20.5. The van der Waals surface area contributed by atoms with Crippen LogP contribution < -0.4 is 5.32 Å². The second-order valence-corrected chi connectivity index (χ2v) is 5.65. The Labute approximate surface area is 131 Å². The van der Waals surface area contributed by atoms with E-state index in [0.717, 1.165) is 12.8 Å². The summed E-state index contributed by atoms with van der Waals surface area (Å²) >= 11 is 6.06. The number of nitrogens with zero attached hydrogens (tertiary/aromatic N) is 2. The zero-order valence-corrected chi connectivity index (χ0v) is 12.3. The molecule has 22 heavy (non-hydrogen) atoms. The topological polar surface area (TPSA) is 68.0 Å². The van der Waals surface area contributed by atoms with Crippen LogP contribution in [0, 0.1) is 0 Å². The van der Waals surface area contributed by atoms with Crippen LogP contribution in [0.5, 0.6) is 0 Å². The van der Waals surface area contributed by atoms with Crippen molar-refractivity contribution in [3.63, 3.8) is 0 Å². The van der Waals surface area contributed by atoms with E-state index in [0.29, 0.717) is 39.3 Å². The maximum atomic E-state index is 12.1. The van der Waals surface area contributed by atoms with E-state index < -0.39 is 0 Å². The number of fused-ring (bicyclic) bond motifs is 1. The molecule has 1 aromatic carbocycles. The lowest BCUT2D eigenvalue weighted by atomic mass is 10.2. The number of carbonyl (C=O) groups excluding carboxylic acids is 1. The summed E-state index contributed by atoms with van der Waals surface area (Å²) in [5, 5.41) is 3.28. The van der Waals surface area contributed by atoms with Crippen molar-refractivity contribution in [2.45, 2.75) is 18.9 Å². The number of hydrogen-bond acceptors (Lipinski definition) is 4. The Morgan fingerprint density at radius 2 is 2.18 bits per heavy atom. The van der Waals surface area contributed by atoms with E-state index in [1.807, 2.05) is 0 Å². The van der Waals surface area contributed by atoms with E-state index in [9.17, 15) is 4.79 Å². The Morgan fingerprint density at radius 1 is 1.32 bits per heavy atom. The third kappa shape index (κ3) is 2.44. The number of aromatic nitrogens is 2. The van der Waals surface area contributed by atoms with Gasteiger partial charge in [0.05, 0.1) is 5.56 Å². The van der Waals surface area contributed by atoms with Crippen LogP contribution in [0.15, 0.2) is 40.9 Å². The van der Waals surface area contributed by atoms with Gasteiger partial charge in [-0.25, -0.2) is 9.97 Å². The summed E-state index contributed by atoms with van der Waals surface area (Å²) in [5.74, 6) is 0.314. The van der Waals surface area contributed by atoms with Crippen molar-refractivity contribution < 1.29 is 9.21 Å². The third-order valence-electron chi connectivity index (χ3n) is 3.55. The first-order chi connectivity index (χ1) is 10.7. The summed E-state index contributed by atoms with van der Waals surface area (Å²) in [6, 6.07) is 9.10. The van der Waals surface area contributed by atoms with Gasteiger partial charge in [-0.2, -0.15) is 0 Å². The van der Waals surface area contributed by atoms with Crippen LogP contribution in [-0.2, 0) is 0 Å². The minimum atomic E-state index is -0.0817. The summed E-state index contributed by atoms with van der Waals surface area (Å²) < 4.78 is 5.73. The molecular weight excluding hydrogens is 302 g/mol. The lowest BCUT2D eigenvalue weighted by Gasteiger charge is -2.02. The Hall–Kier alpha value is -2.40. The number of oxazole rings is 1. The van der Waals surface area contributed by atoms with Crippen molar-refractivity contribution in [3.05, 3.63) is 47.2 Å². The molecule has 1 amide bonds. The molecule has 110 valence electrons. The molecule has 2 heterocycles. The predicted octanol–water partition coefficient (Wildman–Crippen LogP) is 3.44. The molecule has 1 saturated carbocycles. The molecule has 0 radical (unpaired) electrons. The number of benzene rings is 1. The van der Waals surface area contributed by atoms with Crippen molar-refractivity contribution in [2.24, 2.45) is 0 Å². The number of amides is 1. The molecular formula is C16H12ClN3O2. The van der Waals surface area contributed by atoms with Crippen molar-refractivity contribution >= 4 is 28.6 Å². The molecule has 2 aromatic heterocycles. The standard InChI is InChI=1S/C16H12ClN3O2/c17-14-11(2-1-7-18-14)16-20-12-6-3-9(8-13(12)22-16)15(21)19-10-4-5-10/h1-3,6-8,10H,4-5H2,(H,19,21). The van der Waals surface area contributed by atoms with Gasteiger partial charge in [0.15, 0.2) is 5.58 Å². The highest BCUT2D eigenvalue weighted by molar-refractivity contribution is 6.31. The molecule has 4 rings (SSSR count). The van der Waals surface area contributed by atoms with Crippen LogP contribution in [-0.4, -0.2) is 21.9 Å². The normalized spacial score (nSPS) is 14.2. The third-order valence-corrected chi connectivity index (χ3v) is 3.85. The number of halogens is 1. The molecule has 0 atom stereocenters. The van der Waals surface area contributed by atoms with Gasteiger partial charge in [0, 0.05) is 17.8 Å². The maximum Gasteiger partial charge on any atom is 0.251 e. The quantitative estimate of drug-likeness (QED) is 0.752. The second kappa shape index (κ2) is 5.10. The first-order valence-corrected chi connectivity index (χ1v) is 7.41. The molecule has 0 aliphatic heterocycles. The van der Waals surface area contributed by atoms with Gasteiger partial charge in [-0.15, -0.1) is 0 Å². The fourth-order valence-electron chi connectivity index (χ4n) is 2.22. The second-order valence-electron chi connectivity index (χ2n) is 5.29. The van der Waals surface area contributed by atoms with Crippen molar-refractivity contribution in [1.29, 1.82) is 0 Å². The van der Waals surface area contributed by atoms with Gasteiger partial charge < -0.3 is 9.73 Å². The molecule has 0 saturated heterocycles. The first-order valence-electron chi connectivity index (χ1n) is 7.03. The SMILES string of the molecule is O=C(NC1CC1)c1ccc2nc(-c3cccnc3Cl)oc2c1. The predicted molar refractivity (Wildman–Crippen MR) is 82.7 cm³/mol. The van der Waals surface area contributed by atoms with Crippen LogP contribution in [0.4, 0.5) is 0 Å². The van der Waals surface area contributed by atoms with E-state index >= 15 is 0 Å². The monoisotopic (exact) mass is 313 g/mol. The van der Waals surface area contributed by atoms with Crippen molar-refractivity contribution in [3.8, 4) is 11.5 Å². The van der Waals surface area contributed by atoms with E-state index in [4.69, 9.17) is 16.0 Å². The number of pyridine rings is 1. The summed E-state index contributed by atoms with van der Waals surface area (Å²) in [6.45, 7) is 0. The van der Waals surface area contributed by atoms with Gasteiger partial charge in [-0.1, -0.05) is 11.6 Å². The largest absolute Gasteiger partial charge is 0.436 e. The number of nitrogens with one attached hydrogen (secondary N) is 1. The molecule has 5 nitrogen and oxygen atoms in total. The van der Waals surface area contributed by atoms with Crippen molar-refractivity contribution in [2.75, 3.05) is 0 Å². The highest BCUT2D eigenvalue weighted by Crippen LogP contribution is 2.29. The van der Waals surface area contributed by atoms with Gasteiger partial charge in [0.1, 0.15) is 10.7 Å². The van der Waals surface area contributed by atoms with Crippen LogP contribution in [0.3, 0.4) is 0 Å². The van der Waals surface area contributed by atoms with Gasteiger partial charge in [0.25, 0.3) is 5.91 Å². The van der Waals surface area contributed by atoms with Crippen molar-refractivity contribution in [1.82, 2.24) is 15.3 Å². The van der Waals surface area contributed by atoms with Gasteiger partial charge >= 0.3 is 0 Å². The van der Waals surface area contributed by atoms with Gasteiger partial charge in [-0.3, -0.25) is 4.79 Å². The summed E-state index contributed by atoms with van der Waals surface area (Å²) in [7, 11) is 0. The summed E-state index contributed by atoms with van der Waals surface area (Å²) in [6.07, 6.45) is 3.72. The minimum Gasteiger partial charge on any atom is -0.436 e. The van der Waals surface area contributed by atoms with E-state index in [1.165, 1.54) is 0 Å². The highest BCUT2D eigenvalue weighted by atomic mass is 35.5. The van der Waals surface area contributed by atoms with E-state index in [1.54, 1.807) is 36.5 Å². The van der Waals surface area contributed by atoms with Crippen LogP contribution in [0.1, 0.15) is 23.2 Å². The molecule has 0 unspecified atom stereocenters. The lowest BCUT2D eigenvalue weighted by molar-refractivity contribution is 0.0951. The smallest absolute Gasteiger partial charge is 0.251 e. The Kier molecular flexibility index (Phi) is 3.08. The Balaban J connectivity index is 1.71.